The molecule has 0 atom stereocenters. The molecule has 1 N–H and O–H groups in total. The molecule has 0 saturated heterocycles. The van der Waals surface area contributed by atoms with Crippen molar-refractivity contribution in [2.75, 3.05) is 0 Å². The monoisotopic (exact) mass is 244 g/mol. The van der Waals surface area contributed by atoms with Gasteiger partial charge in [-0.15, -0.1) is 0 Å². The lowest BCUT2D eigenvalue weighted by Gasteiger charge is -1.85. The minimum atomic E-state index is 0.225. The molecule has 0 aliphatic rings. The molecule has 0 heterocycles. The molecule has 0 rings (SSSR count). The van der Waals surface area contributed by atoms with Crippen LogP contribution in [0.15, 0.2) is 21.0 Å². The molecule has 8 heavy (non-hydrogen) atoms. The van der Waals surface area contributed by atoms with Crippen molar-refractivity contribution in [3.63, 3.8) is 0 Å². The number of hydrogen-bond donors (Lipinski definition) is 1. The number of rotatable bonds is 1. The Morgan fingerprint density at radius 2 is 2.25 bits per heavy atom. The summed E-state index contributed by atoms with van der Waals surface area (Å²) in [5, 5.41) is 9.13. The largest absolute Gasteiger partial charge is 0.513 e. The summed E-state index contributed by atoms with van der Waals surface area (Å²) >= 11 is 7.47. The van der Waals surface area contributed by atoms with E-state index in [1.807, 2.05) is 22.6 Å². The van der Waals surface area contributed by atoms with Crippen LogP contribution in [0.3, 0.4) is 0 Å². The first-order valence-electron chi connectivity index (χ1n) is 2.00. The lowest BCUT2D eigenvalue weighted by atomic mass is 10.5. The first-order chi connectivity index (χ1) is 3.66. The standard InChI is InChI=1S/C5H6ClIO/c1-4(8)2-5(6)3-7/h2-3,8H,1H3/b4-2+,5-3+. The Balaban J connectivity index is 3.89. The van der Waals surface area contributed by atoms with Gasteiger partial charge in [-0.3, -0.25) is 0 Å². The van der Waals surface area contributed by atoms with Crippen LogP contribution in [0, 0.1) is 0 Å². The van der Waals surface area contributed by atoms with Crippen molar-refractivity contribution in [1.29, 1.82) is 0 Å². The molecular weight excluding hydrogens is 238 g/mol. The minimum absolute atomic E-state index is 0.225. The van der Waals surface area contributed by atoms with Crippen LogP contribution in [0.2, 0.25) is 0 Å². The topological polar surface area (TPSA) is 20.2 Å². The van der Waals surface area contributed by atoms with Gasteiger partial charge >= 0.3 is 0 Å². The highest BCUT2D eigenvalue weighted by atomic mass is 127. The Morgan fingerprint density at radius 1 is 1.75 bits per heavy atom. The van der Waals surface area contributed by atoms with Crippen molar-refractivity contribution in [3.8, 4) is 0 Å². The molecule has 0 spiro atoms. The summed E-state index contributed by atoms with van der Waals surface area (Å²) in [4.78, 5) is 0. The zero-order chi connectivity index (χ0) is 6.57. The first-order valence-corrected chi connectivity index (χ1v) is 3.62. The summed E-state index contributed by atoms with van der Waals surface area (Å²) in [5.74, 6) is 0.225. The quantitative estimate of drug-likeness (QED) is 0.427. The first kappa shape index (κ1) is 8.30. The predicted octanol–water partition coefficient (Wildman–Crippen LogP) is 2.96. The molecular formula is C5H6ClIO. The molecule has 0 aliphatic carbocycles. The molecule has 0 aliphatic heterocycles. The van der Waals surface area contributed by atoms with E-state index in [2.05, 4.69) is 0 Å². The van der Waals surface area contributed by atoms with E-state index in [9.17, 15) is 0 Å². The second-order valence-electron chi connectivity index (χ2n) is 1.28. The van der Waals surface area contributed by atoms with Crippen LogP contribution < -0.4 is 0 Å². The average molecular weight is 244 g/mol. The van der Waals surface area contributed by atoms with Gasteiger partial charge in [0.2, 0.25) is 0 Å². The Hall–Kier alpha value is 0.300. The predicted molar refractivity (Wildman–Crippen MR) is 44.3 cm³/mol. The summed E-state index contributed by atoms with van der Waals surface area (Å²) in [6, 6.07) is 0. The highest BCUT2D eigenvalue weighted by molar-refractivity contribution is 14.1. The van der Waals surface area contributed by atoms with Crippen LogP contribution in [-0.2, 0) is 0 Å². The van der Waals surface area contributed by atoms with Crippen LogP contribution >= 0.6 is 34.2 Å². The highest BCUT2D eigenvalue weighted by Crippen LogP contribution is 2.07. The van der Waals surface area contributed by atoms with Crippen molar-refractivity contribution in [3.05, 3.63) is 21.0 Å². The number of aliphatic hydroxyl groups excluding tert-OH is 1. The van der Waals surface area contributed by atoms with Crippen LogP contribution in [0.25, 0.3) is 0 Å². The molecule has 0 bridgehead atoms. The van der Waals surface area contributed by atoms with E-state index in [4.69, 9.17) is 16.7 Å². The van der Waals surface area contributed by atoms with E-state index in [0.717, 1.165) is 0 Å². The molecule has 0 aromatic carbocycles. The van der Waals surface area contributed by atoms with Crippen LogP contribution in [0.4, 0.5) is 0 Å². The second-order valence-corrected chi connectivity index (χ2v) is 2.34. The summed E-state index contributed by atoms with van der Waals surface area (Å²) < 4.78 is 1.68. The highest BCUT2D eigenvalue weighted by Gasteiger charge is 1.82. The lowest BCUT2D eigenvalue weighted by molar-refractivity contribution is 0.414. The number of halogens is 2. The maximum Gasteiger partial charge on any atom is 0.0906 e. The van der Waals surface area contributed by atoms with Gasteiger partial charge in [-0.1, -0.05) is 34.2 Å². The van der Waals surface area contributed by atoms with E-state index in [1.165, 1.54) is 6.08 Å². The Morgan fingerprint density at radius 3 is 2.38 bits per heavy atom. The van der Waals surface area contributed by atoms with Crippen LogP contribution in [0.5, 0.6) is 0 Å². The summed E-state index contributed by atoms with van der Waals surface area (Å²) in [5.41, 5.74) is 0. The molecule has 0 amide bonds. The summed E-state index contributed by atoms with van der Waals surface area (Å²) in [6.07, 6.45) is 1.48. The fourth-order valence-corrected chi connectivity index (χ4v) is 0.569. The lowest BCUT2D eigenvalue weighted by Crippen LogP contribution is -1.68. The SMILES string of the molecule is C/C(O)=C\C(Cl)=C/I. The average Bonchev–Trinajstić information content (AvgIpc) is 1.65. The van der Waals surface area contributed by atoms with E-state index in [0.29, 0.717) is 5.03 Å². The van der Waals surface area contributed by atoms with Gasteiger partial charge in [-0.2, -0.15) is 0 Å². The molecule has 1 nitrogen and oxygen atoms in total. The smallest absolute Gasteiger partial charge is 0.0906 e. The second kappa shape index (κ2) is 4.21. The van der Waals surface area contributed by atoms with Gasteiger partial charge in [-0.05, 0) is 17.1 Å². The number of aliphatic hydroxyl groups is 1. The molecule has 0 unspecified atom stereocenters. The molecule has 0 saturated carbocycles. The van der Waals surface area contributed by atoms with Gasteiger partial charge in [0.15, 0.2) is 0 Å². The normalized spacial score (nSPS) is 14.4. The van der Waals surface area contributed by atoms with E-state index < -0.39 is 0 Å². The summed E-state index contributed by atoms with van der Waals surface area (Å²) in [6.45, 7) is 1.57. The third kappa shape index (κ3) is 4.46. The van der Waals surface area contributed by atoms with Crippen molar-refractivity contribution in [2.45, 2.75) is 6.92 Å². The molecule has 0 aromatic heterocycles. The van der Waals surface area contributed by atoms with Crippen molar-refractivity contribution < 1.29 is 5.11 Å². The zero-order valence-corrected chi connectivity index (χ0v) is 7.27. The third-order valence-corrected chi connectivity index (χ3v) is 1.71. The van der Waals surface area contributed by atoms with Gasteiger partial charge in [-0.25, -0.2) is 0 Å². The maximum atomic E-state index is 8.59. The Kier molecular flexibility index (Phi) is 4.36. The molecule has 3 heteroatoms. The van der Waals surface area contributed by atoms with Gasteiger partial charge in [0.1, 0.15) is 0 Å². The van der Waals surface area contributed by atoms with Crippen LogP contribution in [0.1, 0.15) is 6.92 Å². The van der Waals surface area contributed by atoms with Crippen molar-refractivity contribution in [1.82, 2.24) is 0 Å². The van der Waals surface area contributed by atoms with E-state index in [-0.39, 0.29) is 5.76 Å². The molecule has 46 valence electrons. The van der Waals surface area contributed by atoms with E-state index in [1.54, 1.807) is 11.0 Å². The van der Waals surface area contributed by atoms with Crippen LogP contribution in [-0.4, -0.2) is 5.11 Å². The van der Waals surface area contributed by atoms with Gasteiger partial charge in [0, 0.05) is 5.03 Å². The third-order valence-electron chi connectivity index (χ3n) is 0.451. The van der Waals surface area contributed by atoms with Gasteiger partial charge < -0.3 is 5.11 Å². The summed E-state index contributed by atoms with van der Waals surface area (Å²) in [7, 11) is 0. The minimum Gasteiger partial charge on any atom is -0.513 e. The molecule has 0 fully saturated rings. The van der Waals surface area contributed by atoms with Crippen molar-refractivity contribution >= 4 is 34.2 Å². The Bertz CT molecular complexity index is 124. The zero-order valence-electron chi connectivity index (χ0n) is 4.36. The fourth-order valence-electron chi connectivity index (χ4n) is 0.231. The number of allylic oxidation sites excluding steroid dienone is 3. The van der Waals surface area contributed by atoms with Gasteiger partial charge in [0.25, 0.3) is 0 Å². The maximum absolute atomic E-state index is 8.59. The van der Waals surface area contributed by atoms with Gasteiger partial charge in [0.05, 0.1) is 5.76 Å². The molecule has 0 radical (unpaired) electrons. The Labute approximate surface area is 67.2 Å². The van der Waals surface area contributed by atoms with Crippen molar-refractivity contribution in [2.24, 2.45) is 0 Å². The van der Waals surface area contributed by atoms with E-state index >= 15 is 0 Å². The number of hydrogen-bond acceptors (Lipinski definition) is 1. The fraction of sp³-hybridized carbons (Fsp3) is 0.200. The molecule has 0 aromatic rings.